The van der Waals surface area contributed by atoms with Crippen molar-refractivity contribution in [2.24, 2.45) is 0 Å². The first-order valence-corrected chi connectivity index (χ1v) is 8.48. The summed E-state index contributed by atoms with van der Waals surface area (Å²) < 4.78 is 5.19. The van der Waals surface area contributed by atoms with Gasteiger partial charge >= 0.3 is 5.97 Å². The van der Waals surface area contributed by atoms with E-state index in [0.717, 1.165) is 24.2 Å². The average Bonchev–Trinajstić information content (AvgIpc) is 3.34. The highest BCUT2D eigenvalue weighted by atomic mass is 16.5. The standard InChI is InChI=1S/C18H21N3O4/c22-16(8-4-7-15-19-18(20-25-15)14-9-10-14)21(12-17(23)24)11-13-5-2-1-3-6-13/h1-3,5-6,14H,4,7-12H2,(H,23,24). The van der Waals surface area contributed by atoms with Crippen LogP contribution in [0.15, 0.2) is 34.9 Å². The van der Waals surface area contributed by atoms with E-state index in [-0.39, 0.29) is 18.9 Å². The lowest BCUT2D eigenvalue weighted by Crippen LogP contribution is -2.35. The Hall–Kier alpha value is -2.70. The Morgan fingerprint density at radius 3 is 2.68 bits per heavy atom. The lowest BCUT2D eigenvalue weighted by Gasteiger charge is -2.20. The summed E-state index contributed by atoms with van der Waals surface area (Å²) in [7, 11) is 0. The third kappa shape index (κ3) is 5.14. The van der Waals surface area contributed by atoms with Gasteiger partial charge in [-0.1, -0.05) is 35.5 Å². The smallest absolute Gasteiger partial charge is 0.323 e. The van der Waals surface area contributed by atoms with Crippen LogP contribution in [0.3, 0.4) is 0 Å². The molecule has 25 heavy (non-hydrogen) atoms. The molecule has 1 aromatic heterocycles. The van der Waals surface area contributed by atoms with Crippen LogP contribution in [0.4, 0.5) is 0 Å². The fraction of sp³-hybridized carbons (Fsp3) is 0.444. The van der Waals surface area contributed by atoms with E-state index >= 15 is 0 Å². The normalized spacial score (nSPS) is 13.6. The molecule has 1 aliphatic rings. The summed E-state index contributed by atoms with van der Waals surface area (Å²) in [6.45, 7) is -0.0154. The second-order valence-electron chi connectivity index (χ2n) is 6.30. The number of amides is 1. The zero-order valence-electron chi connectivity index (χ0n) is 13.9. The van der Waals surface area contributed by atoms with Gasteiger partial charge in [-0.05, 0) is 24.8 Å². The van der Waals surface area contributed by atoms with Crippen LogP contribution in [0.5, 0.6) is 0 Å². The van der Waals surface area contributed by atoms with Crippen LogP contribution in [0, 0.1) is 0 Å². The Labute approximate surface area is 145 Å². The summed E-state index contributed by atoms with van der Waals surface area (Å²) >= 11 is 0. The molecule has 1 fully saturated rings. The molecule has 1 saturated carbocycles. The van der Waals surface area contributed by atoms with E-state index in [9.17, 15) is 9.59 Å². The van der Waals surface area contributed by atoms with E-state index < -0.39 is 5.97 Å². The Morgan fingerprint density at radius 2 is 2.00 bits per heavy atom. The zero-order chi connectivity index (χ0) is 17.6. The largest absolute Gasteiger partial charge is 0.480 e. The van der Waals surface area contributed by atoms with E-state index in [0.29, 0.717) is 31.2 Å². The zero-order valence-corrected chi connectivity index (χ0v) is 13.9. The van der Waals surface area contributed by atoms with Crippen molar-refractivity contribution >= 4 is 11.9 Å². The van der Waals surface area contributed by atoms with Gasteiger partial charge in [-0.15, -0.1) is 0 Å². The molecule has 7 nitrogen and oxygen atoms in total. The maximum atomic E-state index is 12.4. The number of carbonyl (C=O) groups is 2. The molecule has 0 aliphatic heterocycles. The van der Waals surface area contributed by atoms with E-state index in [1.165, 1.54) is 4.90 Å². The van der Waals surface area contributed by atoms with Gasteiger partial charge < -0.3 is 14.5 Å². The number of rotatable bonds is 9. The summed E-state index contributed by atoms with van der Waals surface area (Å²) in [5, 5.41) is 13.0. The molecule has 0 unspecified atom stereocenters. The minimum absolute atomic E-state index is 0.187. The van der Waals surface area contributed by atoms with Crippen molar-refractivity contribution in [3.63, 3.8) is 0 Å². The number of aromatic nitrogens is 2. The van der Waals surface area contributed by atoms with Gasteiger partial charge in [0.05, 0.1) is 0 Å². The first kappa shape index (κ1) is 17.1. The minimum Gasteiger partial charge on any atom is -0.480 e. The monoisotopic (exact) mass is 343 g/mol. The molecule has 7 heteroatoms. The van der Waals surface area contributed by atoms with E-state index in [1.807, 2.05) is 30.3 Å². The van der Waals surface area contributed by atoms with Gasteiger partial charge in [-0.3, -0.25) is 9.59 Å². The number of carboxylic acid groups (broad SMARTS) is 1. The molecule has 0 radical (unpaired) electrons. The summed E-state index contributed by atoms with van der Waals surface area (Å²) in [5.74, 6) is 0.542. The first-order valence-electron chi connectivity index (χ1n) is 8.48. The number of aliphatic carboxylic acids is 1. The van der Waals surface area contributed by atoms with E-state index in [2.05, 4.69) is 10.1 Å². The number of carboxylic acids is 1. The summed E-state index contributed by atoms with van der Waals surface area (Å²) in [4.78, 5) is 29.1. The van der Waals surface area contributed by atoms with Crippen LogP contribution < -0.4 is 0 Å². The fourth-order valence-electron chi connectivity index (χ4n) is 2.63. The molecule has 1 N–H and O–H groups in total. The van der Waals surface area contributed by atoms with Crippen molar-refractivity contribution in [2.75, 3.05) is 6.54 Å². The molecule has 0 saturated heterocycles. The number of hydrogen-bond acceptors (Lipinski definition) is 5. The maximum absolute atomic E-state index is 12.4. The fourth-order valence-corrected chi connectivity index (χ4v) is 2.63. The second-order valence-corrected chi connectivity index (χ2v) is 6.30. The Morgan fingerprint density at radius 1 is 1.24 bits per heavy atom. The molecule has 1 aromatic carbocycles. The number of aryl methyl sites for hydroxylation is 1. The van der Waals surface area contributed by atoms with Gasteiger partial charge in [0.2, 0.25) is 11.8 Å². The number of benzene rings is 1. The van der Waals surface area contributed by atoms with Crippen molar-refractivity contribution in [3.8, 4) is 0 Å². The average molecular weight is 343 g/mol. The summed E-state index contributed by atoms with van der Waals surface area (Å²) in [5.41, 5.74) is 0.906. The summed E-state index contributed by atoms with van der Waals surface area (Å²) in [6.07, 6.45) is 3.55. The van der Waals surface area contributed by atoms with E-state index in [1.54, 1.807) is 0 Å². The van der Waals surface area contributed by atoms with E-state index in [4.69, 9.17) is 9.63 Å². The van der Waals surface area contributed by atoms with Crippen molar-refractivity contribution in [2.45, 2.75) is 44.6 Å². The third-order valence-electron chi connectivity index (χ3n) is 4.10. The van der Waals surface area contributed by atoms with Crippen LogP contribution in [0.25, 0.3) is 0 Å². The highest BCUT2D eigenvalue weighted by Crippen LogP contribution is 2.38. The molecule has 3 rings (SSSR count). The van der Waals surface area contributed by atoms with Gasteiger partial charge in [0.15, 0.2) is 5.82 Å². The van der Waals surface area contributed by atoms with Gasteiger partial charge in [-0.2, -0.15) is 4.98 Å². The molecule has 1 heterocycles. The van der Waals surface area contributed by atoms with Crippen molar-refractivity contribution in [1.82, 2.24) is 15.0 Å². The van der Waals surface area contributed by atoms with Gasteiger partial charge in [0, 0.05) is 25.3 Å². The SMILES string of the molecule is O=C(O)CN(Cc1ccccc1)C(=O)CCCc1nc(C2CC2)no1. The first-order chi connectivity index (χ1) is 12.1. The maximum Gasteiger partial charge on any atom is 0.323 e. The predicted octanol–water partition coefficient (Wildman–Crippen LogP) is 2.38. The van der Waals surface area contributed by atoms with Crippen LogP contribution in [0.1, 0.15) is 48.9 Å². The lowest BCUT2D eigenvalue weighted by molar-refractivity contribution is -0.145. The lowest BCUT2D eigenvalue weighted by atomic mass is 10.1. The summed E-state index contributed by atoms with van der Waals surface area (Å²) in [6, 6.07) is 9.37. The highest BCUT2D eigenvalue weighted by Gasteiger charge is 2.28. The molecule has 132 valence electrons. The second kappa shape index (κ2) is 7.92. The Bertz CT molecular complexity index is 725. The van der Waals surface area contributed by atoms with Gasteiger partial charge in [0.25, 0.3) is 0 Å². The predicted molar refractivity (Wildman–Crippen MR) is 88.7 cm³/mol. The molecule has 0 atom stereocenters. The van der Waals surface area contributed by atoms with Crippen LogP contribution >= 0.6 is 0 Å². The molecule has 0 bridgehead atoms. The minimum atomic E-state index is -1.02. The van der Waals surface area contributed by atoms with Crippen molar-refractivity contribution < 1.29 is 19.2 Å². The molecule has 0 spiro atoms. The van der Waals surface area contributed by atoms with Gasteiger partial charge in [-0.25, -0.2) is 0 Å². The van der Waals surface area contributed by atoms with Crippen LogP contribution in [-0.4, -0.2) is 38.6 Å². The van der Waals surface area contributed by atoms with Gasteiger partial charge in [0.1, 0.15) is 6.54 Å². The topological polar surface area (TPSA) is 96.5 Å². The Kier molecular flexibility index (Phi) is 5.42. The van der Waals surface area contributed by atoms with Crippen LogP contribution in [-0.2, 0) is 22.6 Å². The molecular weight excluding hydrogens is 322 g/mol. The Balaban J connectivity index is 1.51. The number of hydrogen-bond donors (Lipinski definition) is 1. The molecular formula is C18H21N3O4. The highest BCUT2D eigenvalue weighted by molar-refractivity contribution is 5.81. The van der Waals surface area contributed by atoms with Crippen molar-refractivity contribution in [1.29, 1.82) is 0 Å². The number of carbonyl (C=O) groups excluding carboxylic acids is 1. The molecule has 1 aliphatic carbocycles. The quantitative estimate of drug-likeness (QED) is 0.751. The number of nitrogens with zero attached hydrogens (tertiary/aromatic N) is 3. The molecule has 2 aromatic rings. The third-order valence-corrected chi connectivity index (χ3v) is 4.10. The van der Waals surface area contributed by atoms with Crippen molar-refractivity contribution in [3.05, 3.63) is 47.6 Å². The van der Waals surface area contributed by atoms with Crippen LogP contribution in [0.2, 0.25) is 0 Å². The molecule has 1 amide bonds.